The fraction of sp³-hybridized carbons (Fsp3) is 0.438. The summed E-state index contributed by atoms with van der Waals surface area (Å²) in [5.41, 5.74) is 0. The van der Waals surface area contributed by atoms with Crippen molar-refractivity contribution in [3.8, 4) is 0 Å². The fourth-order valence-corrected chi connectivity index (χ4v) is 5.79. The molecule has 130 valence electrons. The average molecular weight is 386 g/mol. The number of halogens is 1. The maximum Gasteiger partial charge on any atom is 0.226 e. The molecular formula is C16H20ClN3O2S2. The highest BCUT2D eigenvalue weighted by molar-refractivity contribution is 7.91. The highest BCUT2D eigenvalue weighted by Gasteiger charge is 2.29. The first-order valence-electron chi connectivity index (χ1n) is 7.77. The number of hydrogen-bond donors (Lipinski definition) is 0. The molecule has 0 aliphatic carbocycles. The van der Waals surface area contributed by atoms with Crippen LogP contribution < -0.4 is 4.90 Å². The first kappa shape index (κ1) is 17.7. The minimum absolute atomic E-state index is 0.0462. The first-order chi connectivity index (χ1) is 11.4. The van der Waals surface area contributed by atoms with Crippen LogP contribution in [0.5, 0.6) is 0 Å². The van der Waals surface area contributed by atoms with E-state index in [4.69, 9.17) is 11.6 Å². The Bertz CT molecular complexity index is 800. The largest absolute Gasteiger partial charge is 0.348 e. The highest BCUT2D eigenvalue weighted by Crippen LogP contribution is 2.37. The second kappa shape index (κ2) is 7.00. The average Bonchev–Trinajstić information content (AvgIpc) is 2.98. The van der Waals surface area contributed by atoms with Crippen molar-refractivity contribution < 1.29 is 8.42 Å². The first-order valence-corrected chi connectivity index (χ1v) is 10.4. The molecule has 0 amide bonds. The molecule has 0 unspecified atom stereocenters. The van der Waals surface area contributed by atoms with Crippen LogP contribution >= 0.6 is 22.9 Å². The van der Waals surface area contributed by atoms with Gasteiger partial charge in [-0.15, -0.1) is 0 Å². The molecule has 1 aromatic carbocycles. The molecule has 0 spiro atoms. The molecule has 3 rings (SSSR count). The van der Waals surface area contributed by atoms with E-state index in [1.54, 1.807) is 30.3 Å². The zero-order valence-electron chi connectivity index (χ0n) is 13.6. The molecule has 0 N–H and O–H groups in total. The monoisotopic (exact) mass is 385 g/mol. The summed E-state index contributed by atoms with van der Waals surface area (Å²) in [6.07, 6.45) is 2.07. The molecule has 2 aromatic rings. The standard InChI is InChI=1S/C16H20ClN3O2S2/c1-19-10-8-12(9-11-19)20(2)16-18-15(14(17)23-16)24(21,22)13-6-4-3-5-7-13/h3-7,12H,8-11H2,1-2H3. The molecule has 24 heavy (non-hydrogen) atoms. The van der Waals surface area contributed by atoms with Crippen molar-refractivity contribution in [2.45, 2.75) is 28.8 Å². The summed E-state index contributed by atoms with van der Waals surface area (Å²) in [6, 6.07) is 8.64. The lowest BCUT2D eigenvalue weighted by Crippen LogP contribution is -2.41. The van der Waals surface area contributed by atoms with Crippen LogP contribution in [0.2, 0.25) is 4.34 Å². The molecule has 0 atom stereocenters. The third-order valence-corrected chi connectivity index (χ3v) is 7.68. The Balaban J connectivity index is 1.88. The van der Waals surface area contributed by atoms with E-state index in [2.05, 4.69) is 21.8 Å². The molecule has 1 aliphatic heterocycles. The van der Waals surface area contributed by atoms with Gasteiger partial charge in [-0.25, -0.2) is 13.4 Å². The van der Waals surface area contributed by atoms with E-state index >= 15 is 0 Å². The second-order valence-corrected chi connectivity index (χ2v) is 9.48. The lowest BCUT2D eigenvalue weighted by Gasteiger charge is -2.34. The molecule has 0 bridgehead atoms. The van der Waals surface area contributed by atoms with Crippen LogP contribution in [0.15, 0.2) is 40.3 Å². The number of likely N-dealkylation sites (tertiary alicyclic amines) is 1. The Morgan fingerprint density at radius 2 is 1.88 bits per heavy atom. The third-order valence-electron chi connectivity index (χ3n) is 4.39. The summed E-state index contributed by atoms with van der Waals surface area (Å²) >= 11 is 7.45. The van der Waals surface area contributed by atoms with Crippen molar-refractivity contribution in [1.29, 1.82) is 0 Å². The lowest BCUT2D eigenvalue weighted by molar-refractivity contribution is 0.253. The number of benzene rings is 1. The van der Waals surface area contributed by atoms with Gasteiger partial charge in [0.05, 0.1) is 4.90 Å². The zero-order chi connectivity index (χ0) is 17.3. The summed E-state index contributed by atoms with van der Waals surface area (Å²) in [5.74, 6) is 0. The Morgan fingerprint density at radius 3 is 2.50 bits per heavy atom. The number of aromatic nitrogens is 1. The molecule has 0 saturated carbocycles. The molecule has 0 radical (unpaired) electrons. The summed E-state index contributed by atoms with van der Waals surface area (Å²) in [6.45, 7) is 2.06. The minimum atomic E-state index is -3.69. The molecule has 5 nitrogen and oxygen atoms in total. The van der Waals surface area contributed by atoms with Crippen LogP contribution in [-0.4, -0.2) is 51.5 Å². The van der Waals surface area contributed by atoms with Crippen LogP contribution in [0.1, 0.15) is 12.8 Å². The fourth-order valence-electron chi connectivity index (χ4n) is 2.84. The Labute approximate surface area is 151 Å². The van der Waals surface area contributed by atoms with Gasteiger partial charge in [0.2, 0.25) is 9.84 Å². The van der Waals surface area contributed by atoms with Gasteiger partial charge in [-0.3, -0.25) is 0 Å². The Kier molecular flexibility index (Phi) is 5.15. The molecule has 1 aliphatic rings. The molecule has 1 saturated heterocycles. The van der Waals surface area contributed by atoms with Crippen LogP contribution in [0.25, 0.3) is 0 Å². The van der Waals surface area contributed by atoms with Crippen molar-refractivity contribution in [2.24, 2.45) is 0 Å². The van der Waals surface area contributed by atoms with E-state index in [1.807, 2.05) is 7.05 Å². The third kappa shape index (κ3) is 3.44. The number of thiazole rings is 1. The van der Waals surface area contributed by atoms with Gasteiger partial charge in [0, 0.05) is 13.1 Å². The van der Waals surface area contributed by atoms with Gasteiger partial charge < -0.3 is 9.80 Å². The van der Waals surface area contributed by atoms with Gasteiger partial charge in [-0.2, -0.15) is 0 Å². The Morgan fingerprint density at radius 1 is 1.25 bits per heavy atom. The topological polar surface area (TPSA) is 53.5 Å². The van der Waals surface area contributed by atoms with Gasteiger partial charge in [-0.05, 0) is 45.1 Å². The number of hydrogen-bond acceptors (Lipinski definition) is 6. The van der Waals surface area contributed by atoms with Crippen LogP contribution in [0.4, 0.5) is 5.13 Å². The van der Waals surface area contributed by atoms with Crippen LogP contribution in [0, 0.1) is 0 Å². The lowest BCUT2D eigenvalue weighted by atomic mass is 10.0. The zero-order valence-corrected chi connectivity index (χ0v) is 16.0. The van der Waals surface area contributed by atoms with E-state index < -0.39 is 9.84 Å². The van der Waals surface area contributed by atoms with Crippen molar-refractivity contribution in [2.75, 3.05) is 32.1 Å². The number of nitrogens with zero attached hydrogens (tertiary/aromatic N) is 3. The number of rotatable bonds is 4. The van der Waals surface area contributed by atoms with E-state index in [9.17, 15) is 8.42 Å². The SMILES string of the molecule is CN1CCC(N(C)c2nc(S(=O)(=O)c3ccccc3)c(Cl)s2)CC1. The van der Waals surface area contributed by atoms with Gasteiger partial charge >= 0.3 is 0 Å². The second-order valence-electron chi connectivity index (χ2n) is 6.04. The van der Waals surface area contributed by atoms with E-state index in [0.29, 0.717) is 11.2 Å². The van der Waals surface area contributed by atoms with Gasteiger partial charge in [0.15, 0.2) is 10.2 Å². The normalized spacial score (nSPS) is 17.1. The summed E-state index contributed by atoms with van der Waals surface area (Å²) < 4.78 is 25.7. The highest BCUT2D eigenvalue weighted by atomic mass is 35.5. The summed E-state index contributed by atoms with van der Waals surface area (Å²) in [4.78, 5) is 8.94. The molecule has 1 fully saturated rings. The van der Waals surface area contributed by atoms with Crippen molar-refractivity contribution in [1.82, 2.24) is 9.88 Å². The van der Waals surface area contributed by atoms with E-state index in [-0.39, 0.29) is 14.3 Å². The summed E-state index contributed by atoms with van der Waals surface area (Å²) in [7, 11) is 0.385. The molecule has 8 heteroatoms. The van der Waals surface area contributed by atoms with Crippen LogP contribution in [-0.2, 0) is 9.84 Å². The Hall–Kier alpha value is -1.15. The number of anilines is 1. The molecule has 1 aromatic heterocycles. The minimum Gasteiger partial charge on any atom is -0.348 e. The quantitative estimate of drug-likeness (QED) is 0.809. The summed E-state index contributed by atoms with van der Waals surface area (Å²) in [5, 5.41) is 0.610. The van der Waals surface area contributed by atoms with Gasteiger partial charge in [0.1, 0.15) is 4.34 Å². The predicted molar refractivity (Wildman–Crippen MR) is 97.9 cm³/mol. The molecule has 2 heterocycles. The molecular weight excluding hydrogens is 366 g/mol. The maximum atomic E-state index is 12.7. The van der Waals surface area contributed by atoms with Crippen molar-refractivity contribution in [3.63, 3.8) is 0 Å². The number of piperidine rings is 1. The number of sulfone groups is 1. The van der Waals surface area contributed by atoms with Crippen molar-refractivity contribution in [3.05, 3.63) is 34.7 Å². The van der Waals surface area contributed by atoms with Crippen LogP contribution in [0.3, 0.4) is 0 Å². The van der Waals surface area contributed by atoms with Crippen molar-refractivity contribution >= 4 is 37.9 Å². The van der Waals surface area contributed by atoms with E-state index in [0.717, 1.165) is 25.9 Å². The van der Waals surface area contributed by atoms with Gasteiger partial charge in [0.25, 0.3) is 0 Å². The van der Waals surface area contributed by atoms with Gasteiger partial charge in [-0.1, -0.05) is 41.1 Å². The smallest absolute Gasteiger partial charge is 0.226 e. The predicted octanol–water partition coefficient (Wildman–Crippen LogP) is 3.16. The maximum absolute atomic E-state index is 12.7. The van der Waals surface area contributed by atoms with E-state index in [1.165, 1.54) is 11.3 Å².